The fourth-order valence-electron chi connectivity index (χ4n) is 1.85. The van der Waals surface area contributed by atoms with E-state index in [0.29, 0.717) is 6.54 Å². The third kappa shape index (κ3) is 5.88. The van der Waals surface area contributed by atoms with Crippen LogP contribution in [0.15, 0.2) is 47.7 Å². The second-order valence-electron chi connectivity index (χ2n) is 4.47. The van der Waals surface area contributed by atoms with Crippen molar-refractivity contribution >= 4 is 41.7 Å². The first kappa shape index (κ1) is 18.8. The predicted molar refractivity (Wildman–Crippen MR) is 106 cm³/mol. The lowest BCUT2D eigenvalue weighted by atomic mass is 10.3. The minimum Gasteiger partial charge on any atom is -0.356 e. The van der Waals surface area contributed by atoms with Gasteiger partial charge in [-0.15, -0.1) is 24.0 Å². The van der Waals surface area contributed by atoms with Crippen molar-refractivity contribution in [1.29, 1.82) is 0 Å². The molecule has 0 radical (unpaired) electrons. The van der Waals surface area contributed by atoms with Gasteiger partial charge in [-0.3, -0.25) is 4.99 Å². The first-order valence-electron chi connectivity index (χ1n) is 6.86. The van der Waals surface area contributed by atoms with Crippen LogP contribution >= 0.6 is 35.7 Å². The SMILES string of the molecule is CN=C(NCCSC)NCc1cnn(-c2ccccc2)c1.I. The van der Waals surface area contributed by atoms with E-state index in [9.17, 15) is 0 Å². The minimum atomic E-state index is 0. The summed E-state index contributed by atoms with van der Waals surface area (Å²) < 4.78 is 1.88. The molecule has 0 aliphatic carbocycles. The zero-order chi connectivity index (χ0) is 14.9. The average Bonchev–Trinajstić information content (AvgIpc) is 3.00. The van der Waals surface area contributed by atoms with Crippen LogP contribution in [0.3, 0.4) is 0 Å². The standard InChI is InChI=1S/C15H21N5S.HI/c1-16-15(17-8-9-21-2)18-10-13-11-19-20(12-13)14-6-4-3-5-7-14;/h3-7,11-12H,8-10H2,1-2H3,(H2,16,17,18);1H. The van der Waals surface area contributed by atoms with E-state index < -0.39 is 0 Å². The van der Waals surface area contributed by atoms with Crippen molar-refractivity contribution in [3.63, 3.8) is 0 Å². The number of para-hydroxylation sites is 1. The van der Waals surface area contributed by atoms with E-state index in [2.05, 4.69) is 27.0 Å². The molecule has 2 aromatic rings. The number of hydrogen-bond donors (Lipinski definition) is 2. The van der Waals surface area contributed by atoms with Gasteiger partial charge in [-0.25, -0.2) is 4.68 Å². The molecule has 2 rings (SSSR count). The Hall–Kier alpha value is -1.22. The second kappa shape index (κ2) is 10.5. The van der Waals surface area contributed by atoms with Gasteiger partial charge < -0.3 is 10.6 Å². The maximum Gasteiger partial charge on any atom is 0.191 e. The van der Waals surface area contributed by atoms with Crippen molar-refractivity contribution in [2.24, 2.45) is 4.99 Å². The van der Waals surface area contributed by atoms with Gasteiger partial charge in [-0.05, 0) is 18.4 Å². The molecule has 0 aliphatic heterocycles. The fraction of sp³-hybridized carbons (Fsp3) is 0.333. The molecule has 5 nitrogen and oxygen atoms in total. The number of halogens is 1. The Morgan fingerprint density at radius 1 is 1.27 bits per heavy atom. The zero-order valence-electron chi connectivity index (χ0n) is 12.8. The zero-order valence-corrected chi connectivity index (χ0v) is 16.0. The molecule has 0 unspecified atom stereocenters. The summed E-state index contributed by atoms with van der Waals surface area (Å²) in [5.74, 6) is 1.88. The minimum absolute atomic E-state index is 0. The van der Waals surface area contributed by atoms with Gasteiger partial charge in [0.1, 0.15) is 0 Å². The van der Waals surface area contributed by atoms with E-state index in [0.717, 1.165) is 29.5 Å². The molecule has 0 bridgehead atoms. The van der Waals surface area contributed by atoms with Crippen LogP contribution in [0.1, 0.15) is 5.56 Å². The predicted octanol–water partition coefficient (Wildman–Crippen LogP) is 2.52. The molecule has 0 atom stereocenters. The number of guanidine groups is 1. The molecule has 120 valence electrons. The molecule has 1 aromatic heterocycles. The van der Waals surface area contributed by atoms with Crippen LogP contribution in [0, 0.1) is 0 Å². The molecular weight excluding hydrogens is 409 g/mol. The van der Waals surface area contributed by atoms with E-state index in [1.165, 1.54) is 0 Å². The molecule has 0 spiro atoms. The van der Waals surface area contributed by atoms with Crippen LogP contribution in [0.25, 0.3) is 5.69 Å². The summed E-state index contributed by atoms with van der Waals surface area (Å²) in [6.45, 7) is 1.61. The van der Waals surface area contributed by atoms with Gasteiger partial charge in [0.05, 0.1) is 11.9 Å². The lowest BCUT2D eigenvalue weighted by Crippen LogP contribution is -2.37. The van der Waals surface area contributed by atoms with Crippen LogP contribution in [-0.2, 0) is 6.54 Å². The van der Waals surface area contributed by atoms with Crippen LogP contribution in [-0.4, -0.2) is 41.3 Å². The van der Waals surface area contributed by atoms with Crippen molar-refractivity contribution in [2.45, 2.75) is 6.54 Å². The van der Waals surface area contributed by atoms with Gasteiger partial charge in [0.25, 0.3) is 0 Å². The summed E-state index contributed by atoms with van der Waals surface area (Å²) in [7, 11) is 1.78. The van der Waals surface area contributed by atoms with Gasteiger partial charge in [0, 0.05) is 37.7 Å². The third-order valence-electron chi connectivity index (χ3n) is 2.94. The Morgan fingerprint density at radius 2 is 2.05 bits per heavy atom. The maximum absolute atomic E-state index is 4.38. The number of rotatable bonds is 6. The molecule has 1 heterocycles. The lowest BCUT2D eigenvalue weighted by molar-refractivity contribution is 0.831. The monoisotopic (exact) mass is 431 g/mol. The normalized spacial score (nSPS) is 10.9. The highest BCUT2D eigenvalue weighted by Gasteiger charge is 2.02. The van der Waals surface area contributed by atoms with E-state index in [1.807, 2.05) is 59.2 Å². The molecule has 1 aromatic carbocycles. The Kier molecular flexibility index (Phi) is 8.98. The summed E-state index contributed by atoms with van der Waals surface area (Å²) in [4.78, 5) is 4.20. The summed E-state index contributed by atoms with van der Waals surface area (Å²) >= 11 is 1.81. The number of hydrogen-bond acceptors (Lipinski definition) is 3. The molecule has 22 heavy (non-hydrogen) atoms. The molecular formula is C15H22IN5S. The Labute approximate surface area is 153 Å². The van der Waals surface area contributed by atoms with Gasteiger partial charge in [0.2, 0.25) is 0 Å². The summed E-state index contributed by atoms with van der Waals surface area (Å²) in [6.07, 6.45) is 5.99. The Balaban J connectivity index is 0.00000242. The van der Waals surface area contributed by atoms with Crippen molar-refractivity contribution in [3.8, 4) is 5.69 Å². The second-order valence-corrected chi connectivity index (χ2v) is 5.46. The largest absolute Gasteiger partial charge is 0.356 e. The maximum atomic E-state index is 4.38. The highest BCUT2D eigenvalue weighted by molar-refractivity contribution is 14.0. The van der Waals surface area contributed by atoms with Crippen LogP contribution in [0.4, 0.5) is 0 Å². The van der Waals surface area contributed by atoms with Crippen LogP contribution in [0.5, 0.6) is 0 Å². The first-order chi connectivity index (χ1) is 10.3. The first-order valence-corrected chi connectivity index (χ1v) is 8.25. The number of nitrogens with one attached hydrogen (secondary N) is 2. The van der Waals surface area contributed by atoms with Crippen LogP contribution in [0.2, 0.25) is 0 Å². The smallest absolute Gasteiger partial charge is 0.191 e. The van der Waals surface area contributed by atoms with Gasteiger partial charge in [-0.2, -0.15) is 16.9 Å². The van der Waals surface area contributed by atoms with Crippen molar-refractivity contribution in [1.82, 2.24) is 20.4 Å². The Morgan fingerprint density at radius 3 is 2.73 bits per heavy atom. The van der Waals surface area contributed by atoms with E-state index >= 15 is 0 Å². The highest BCUT2D eigenvalue weighted by Crippen LogP contribution is 2.07. The fourth-order valence-corrected chi connectivity index (χ4v) is 2.16. The number of thioether (sulfide) groups is 1. The Bertz CT molecular complexity index is 570. The van der Waals surface area contributed by atoms with E-state index in [1.54, 1.807) is 7.05 Å². The summed E-state index contributed by atoms with van der Waals surface area (Å²) in [5.41, 5.74) is 2.18. The van der Waals surface area contributed by atoms with Gasteiger partial charge >= 0.3 is 0 Å². The average molecular weight is 431 g/mol. The molecule has 2 N–H and O–H groups in total. The lowest BCUT2D eigenvalue weighted by Gasteiger charge is -2.10. The van der Waals surface area contributed by atoms with Crippen molar-refractivity contribution in [2.75, 3.05) is 25.6 Å². The number of aromatic nitrogens is 2. The van der Waals surface area contributed by atoms with Gasteiger partial charge in [0.15, 0.2) is 5.96 Å². The summed E-state index contributed by atoms with van der Waals surface area (Å²) in [5, 5.41) is 10.9. The van der Waals surface area contributed by atoms with Crippen molar-refractivity contribution in [3.05, 3.63) is 48.3 Å². The van der Waals surface area contributed by atoms with Crippen molar-refractivity contribution < 1.29 is 0 Å². The summed E-state index contributed by atoms with van der Waals surface area (Å²) in [6, 6.07) is 10.1. The third-order valence-corrected chi connectivity index (χ3v) is 3.55. The molecule has 0 aliphatic rings. The number of nitrogens with zero attached hydrogens (tertiary/aromatic N) is 3. The molecule has 0 saturated carbocycles. The molecule has 0 saturated heterocycles. The molecule has 0 amide bonds. The molecule has 7 heteroatoms. The van der Waals surface area contributed by atoms with Gasteiger partial charge in [-0.1, -0.05) is 18.2 Å². The number of aliphatic imine (C=N–C) groups is 1. The highest BCUT2D eigenvalue weighted by atomic mass is 127. The molecule has 0 fully saturated rings. The van der Waals surface area contributed by atoms with Crippen LogP contribution < -0.4 is 10.6 Å². The quantitative estimate of drug-likeness (QED) is 0.320. The van der Waals surface area contributed by atoms with E-state index in [-0.39, 0.29) is 24.0 Å². The number of benzene rings is 1. The topological polar surface area (TPSA) is 54.2 Å². The van der Waals surface area contributed by atoms with E-state index in [4.69, 9.17) is 0 Å².